The molecule has 0 aromatic carbocycles. The average Bonchev–Trinajstić information content (AvgIpc) is 3.11. The first kappa shape index (κ1) is 18.5. The van der Waals surface area contributed by atoms with E-state index >= 15 is 0 Å². The highest BCUT2D eigenvalue weighted by atomic mass is 16.2. The molecule has 1 spiro atoms. The molecule has 2 amide bonds. The number of hydrogen-bond donors (Lipinski definition) is 0. The molecule has 1 saturated carbocycles. The Bertz CT molecular complexity index is 713. The lowest BCUT2D eigenvalue weighted by atomic mass is 9.77. The van der Waals surface area contributed by atoms with Gasteiger partial charge in [0.2, 0.25) is 5.91 Å². The Hall–Kier alpha value is -1.91. The Labute approximate surface area is 162 Å². The molecule has 2 aliphatic heterocycles. The molecule has 0 unspecified atom stereocenters. The number of amides is 2. The monoisotopic (exact) mass is 369 g/mol. The summed E-state index contributed by atoms with van der Waals surface area (Å²) in [6.45, 7) is 4.94. The molecule has 5 heteroatoms. The summed E-state index contributed by atoms with van der Waals surface area (Å²) < 4.78 is 0. The van der Waals surface area contributed by atoms with Crippen molar-refractivity contribution in [1.29, 1.82) is 0 Å². The molecule has 1 aliphatic carbocycles. The van der Waals surface area contributed by atoms with Crippen molar-refractivity contribution in [3.8, 4) is 0 Å². The van der Waals surface area contributed by atoms with E-state index in [0.717, 1.165) is 38.0 Å². The molecule has 27 heavy (non-hydrogen) atoms. The minimum absolute atomic E-state index is 0.0345. The SMILES string of the molecule is Cc1cccc(C(=O)N2CC[C@@]3(CCCN(CC4CCCCC4)C3=O)C2)n1. The van der Waals surface area contributed by atoms with Crippen LogP contribution in [0.1, 0.15) is 67.5 Å². The van der Waals surface area contributed by atoms with Gasteiger partial charge in [0.15, 0.2) is 0 Å². The Balaban J connectivity index is 1.43. The van der Waals surface area contributed by atoms with E-state index in [9.17, 15) is 9.59 Å². The largest absolute Gasteiger partial charge is 0.342 e. The van der Waals surface area contributed by atoms with Crippen LogP contribution in [0.25, 0.3) is 0 Å². The van der Waals surface area contributed by atoms with Crippen LogP contribution in [0.15, 0.2) is 18.2 Å². The highest BCUT2D eigenvalue weighted by Gasteiger charge is 2.49. The molecule has 5 nitrogen and oxygen atoms in total. The molecular formula is C22H31N3O2. The van der Waals surface area contributed by atoms with Gasteiger partial charge in [0.1, 0.15) is 5.69 Å². The fourth-order valence-electron chi connectivity index (χ4n) is 5.26. The van der Waals surface area contributed by atoms with Crippen molar-refractivity contribution in [2.45, 2.75) is 58.3 Å². The number of aromatic nitrogens is 1. The molecule has 3 heterocycles. The summed E-state index contributed by atoms with van der Waals surface area (Å²) in [5.74, 6) is 0.938. The van der Waals surface area contributed by atoms with E-state index in [-0.39, 0.29) is 11.3 Å². The van der Waals surface area contributed by atoms with Crippen LogP contribution in [0.3, 0.4) is 0 Å². The lowest BCUT2D eigenvalue weighted by Crippen LogP contribution is -2.51. The molecule has 3 aliphatic rings. The van der Waals surface area contributed by atoms with Crippen LogP contribution < -0.4 is 0 Å². The van der Waals surface area contributed by atoms with Gasteiger partial charge in [-0.15, -0.1) is 0 Å². The molecule has 4 rings (SSSR count). The maximum Gasteiger partial charge on any atom is 0.272 e. The fraction of sp³-hybridized carbons (Fsp3) is 0.682. The third kappa shape index (κ3) is 3.74. The van der Waals surface area contributed by atoms with E-state index in [0.29, 0.717) is 30.6 Å². The predicted octanol–water partition coefficient (Wildman–Crippen LogP) is 3.43. The van der Waals surface area contributed by atoms with Crippen molar-refractivity contribution < 1.29 is 9.59 Å². The third-order valence-electron chi connectivity index (χ3n) is 6.78. The van der Waals surface area contributed by atoms with Crippen LogP contribution in [0, 0.1) is 18.3 Å². The molecule has 0 N–H and O–H groups in total. The Kier molecular flexibility index (Phi) is 5.20. The predicted molar refractivity (Wildman–Crippen MR) is 104 cm³/mol. The smallest absolute Gasteiger partial charge is 0.272 e. The number of nitrogens with zero attached hydrogens (tertiary/aromatic N) is 3. The van der Waals surface area contributed by atoms with Crippen molar-refractivity contribution in [1.82, 2.24) is 14.8 Å². The normalized spacial score (nSPS) is 26.8. The molecular weight excluding hydrogens is 338 g/mol. The number of pyridine rings is 1. The summed E-state index contributed by atoms with van der Waals surface area (Å²) in [6.07, 6.45) is 9.26. The molecule has 0 bridgehead atoms. The van der Waals surface area contributed by atoms with Crippen molar-refractivity contribution in [3.05, 3.63) is 29.6 Å². The third-order valence-corrected chi connectivity index (χ3v) is 6.78. The molecule has 1 aromatic heterocycles. The maximum atomic E-state index is 13.4. The number of likely N-dealkylation sites (tertiary alicyclic amines) is 2. The zero-order valence-corrected chi connectivity index (χ0v) is 16.5. The topological polar surface area (TPSA) is 53.5 Å². The van der Waals surface area contributed by atoms with Crippen LogP contribution in [-0.2, 0) is 4.79 Å². The summed E-state index contributed by atoms with van der Waals surface area (Å²) in [7, 11) is 0. The van der Waals surface area contributed by atoms with E-state index in [1.165, 1.54) is 32.1 Å². The highest BCUT2D eigenvalue weighted by Crippen LogP contribution is 2.41. The van der Waals surface area contributed by atoms with Gasteiger partial charge < -0.3 is 9.80 Å². The van der Waals surface area contributed by atoms with Crippen LogP contribution in [0.2, 0.25) is 0 Å². The van der Waals surface area contributed by atoms with Gasteiger partial charge >= 0.3 is 0 Å². The first-order valence-electron chi connectivity index (χ1n) is 10.6. The van der Waals surface area contributed by atoms with Gasteiger partial charge in [0.05, 0.1) is 5.41 Å². The molecule has 1 atom stereocenters. The van der Waals surface area contributed by atoms with E-state index in [1.807, 2.05) is 24.0 Å². The first-order chi connectivity index (χ1) is 13.1. The number of hydrogen-bond acceptors (Lipinski definition) is 3. The minimum Gasteiger partial charge on any atom is -0.342 e. The Morgan fingerprint density at radius 1 is 1.15 bits per heavy atom. The number of carbonyl (C=O) groups is 2. The summed E-state index contributed by atoms with van der Waals surface area (Å²) in [5.41, 5.74) is 0.989. The molecule has 2 saturated heterocycles. The maximum absolute atomic E-state index is 13.4. The van der Waals surface area contributed by atoms with Crippen molar-refractivity contribution in [3.63, 3.8) is 0 Å². The van der Waals surface area contributed by atoms with E-state index < -0.39 is 0 Å². The summed E-state index contributed by atoms with van der Waals surface area (Å²) >= 11 is 0. The fourth-order valence-corrected chi connectivity index (χ4v) is 5.26. The second kappa shape index (κ2) is 7.61. The van der Waals surface area contributed by atoms with Gasteiger partial charge in [-0.2, -0.15) is 0 Å². The minimum atomic E-state index is -0.355. The second-order valence-corrected chi connectivity index (χ2v) is 8.78. The van der Waals surface area contributed by atoms with E-state index in [4.69, 9.17) is 0 Å². The number of aryl methyl sites for hydroxylation is 1. The van der Waals surface area contributed by atoms with Crippen LogP contribution >= 0.6 is 0 Å². The zero-order valence-electron chi connectivity index (χ0n) is 16.5. The van der Waals surface area contributed by atoms with Gasteiger partial charge in [0, 0.05) is 31.9 Å². The first-order valence-corrected chi connectivity index (χ1v) is 10.6. The standard InChI is InChI=1S/C22H31N3O2/c1-17-7-5-10-19(23-17)20(26)25-14-12-22(16-25)11-6-13-24(21(22)27)15-18-8-3-2-4-9-18/h5,7,10,18H,2-4,6,8-9,11-16H2,1H3/t22-/m0/s1. The lowest BCUT2D eigenvalue weighted by Gasteiger charge is -2.41. The van der Waals surface area contributed by atoms with E-state index in [1.54, 1.807) is 6.07 Å². The second-order valence-electron chi connectivity index (χ2n) is 8.78. The highest BCUT2D eigenvalue weighted by molar-refractivity contribution is 5.94. The van der Waals surface area contributed by atoms with Crippen molar-refractivity contribution in [2.24, 2.45) is 11.3 Å². The molecule has 146 valence electrons. The average molecular weight is 370 g/mol. The number of piperidine rings is 1. The molecule has 1 aromatic rings. The summed E-state index contributed by atoms with van der Waals surface area (Å²) in [4.78, 5) is 34.6. The summed E-state index contributed by atoms with van der Waals surface area (Å²) in [6, 6.07) is 5.55. The molecule has 3 fully saturated rings. The zero-order chi connectivity index (χ0) is 18.9. The van der Waals surface area contributed by atoms with Crippen molar-refractivity contribution in [2.75, 3.05) is 26.2 Å². The van der Waals surface area contributed by atoms with Gasteiger partial charge in [-0.1, -0.05) is 25.3 Å². The van der Waals surface area contributed by atoms with Gasteiger partial charge in [-0.3, -0.25) is 9.59 Å². The van der Waals surface area contributed by atoms with Gasteiger partial charge in [-0.05, 0) is 57.1 Å². The Morgan fingerprint density at radius 2 is 1.96 bits per heavy atom. The van der Waals surface area contributed by atoms with Crippen molar-refractivity contribution >= 4 is 11.8 Å². The number of carbonyl (C=O) groups excluding carboxylic acids is 2. The summed E-state index contributed by atoms with van der Waals surface area (Å²) in [5, 5.41) is 0. The quantitative estimate of drug-likeness (QED) is 0.820. The van der Waals surface area contributed by atoms with Gasteiger partial charge in [0.25, 0.3) is 5.91 Å². The number of rotatable bonds is 3. The van der Waals surface area contributed by atoms with Crippen LogP contribution in [0.5, 0.6) is 0 Å². The molecule has 0 radical (unpaired) electrons. The van der Waals surface area contributed by atoms with E-state index in [2.05, 4.69) is 9.88 Å². The van der Waals surface area contributed by atoms with Crippen LogP contribution in [-0.4, -0.2) is 52.8 Å². The Morgan fingerprint density at radius 3 is 2.74 bits per heavy atom. The van der Waals surface area contributed by atoms with Crippen LogP contribution in [0.4, 0.5) is 0 Å². The lowest BCUT2D eigenvalue weighted by molar-refractivity contribution is -0.146. The van der Waals surface area contributed by atoms with Gasteiger partial charge in [-0.25, -0.2) is 4.98 Å².